The monoisotopic (exact) mass is 271 g/mol. The summed E-state index contributed by atoms with van der Waals surface area (Å²) in [4.78, 5) is 3.88. The predicted octanol–water partition coefficient (Wildman–Crippen LogP) is 2.69. The molecule has 0 saturated heterocycles. The van der Waals surface area contributed by atoms with Gasteiger partial charge in [0.25, 0.3) is 0 Å². The van der Waals surface area contributed by atoms with Gasteiger partial charge in [-0.05, 0) is 42.8 Å². The highest BCUT2D eigenvalue weighted by atomic mass is 19.1. The molecule has 1 atom stereocenters. The molecule has 0 saturated carbocycles. The summed E-state index contributed by atoms with van der Waals surface area (Å²) in [5.41, 5.74) is 7.56. The van der Waals surface area contributed by atoms with Gasteiger partial charge in [-0.15, -0.1) is 0 Å². The van der Waals surface area contributed by atoms with Gasteiger partial charge in [-0.1, -0.05) is 0 Å². The lowest BCUT2D eigenvalue weighted by atomic mass is 10.1. The molecule has 0 spiro atoms. The van der Waals surface area contributed by atoms with E-state index in [1.807, 2.05) is 6.07 Å². The fourth-order valence-electron chi connectivity index (χ4n) is 1.79. The highest BCUT2D eigenvalue weighted by molar-refractivity contribution is 5.36. The number of aromatic nitrogens is 1. The van der Waals surface area contributed by atoms with Gasteiger partial charge in [0.15, 0.2) is 0 Å². The Hall–Kier alpha value is -2.45. The average Bonchev–Trinajstić information content (AvgIpc) is 2.46. The van der Waals surface area contributed by atoms with Crippen molar-refractivity contribution in [2.45, 2.75) is 19.6 Å². The van der Waals surface area contributed by atoms with Crippen LogP contribution in [0.4, 0.5) is 4.39 Å². The van der Waals surface area contributed by atoms with E-state index in [-0.39, 0.29) is 18.5 Å². The lowest BCUT2D eigenvalue weighted by Crippen LogP contribution is -2.08. The van der Waals surface area contributed by atoms with Crippen molar-refractivity contribution in [1.29, 1.82) is 5.26 Å². The van der Waals surface area contributed by atoms with Crippen molar-refractivity contribution in [2.75, 3.05) is 0 Å². The van der Waals surface area contributed by atoms with Crippen LogP contribution in [-0.4, -0.2) is 4.98 Å². The van der Waals surface area contributed by atoms with E-state index in [1.165, 1.54) is 12.1 Å². The summed E-state index contributed by atoms with van der Waals surface area (Å²) in [6.45, 7) is 2.03. The van der Waals surface area contributed by atoms with Crippen LogP contribution in [0.3, 0.4) is 0 Å². The lowest BCUT2D eigenvalue weighted by Gasteiger charge is -2.14. The molecule has 0 aliphatic heterocycles. The van der Waals surface area contributed by atoms with Crippen molar-refractivity contribution in [3.63, 3.8) is 0 Å². The molecule has 0 bridgehead atoms. The summed E-state index contributed by atoms with van der Waals surface area (Å²) >= 11 is 0. The Morgan fingerprint density at radius 3 is 2.90 bits per heavy atom. The number of nitriles is 1. The van der Waals surface area contributed by atoms with E-state index >= 15 is 0 Å². The van der Waals surface area contributed by atoms with Crippen LogP contribution in [0.1, 0.15) is 29.8 Å². The zero-order chi connectivity index (χ0) is 14.5. The molecule has 1 aromatic carbocycles. The van der Waals surface area contributed by atoms with Gasteiger partial charge >= 0.3 is 0 Å². The molecule has 2 rings (SSSR count). The first-order chi connectivity index (χ1) is 9.60. The van der Waals surface area contributed by atoms with Crippen molar-refractivity contribution in [3.8, 4) is 11.8 Å². The third-order valence-corrected chi connectivity index (χ3v) is 2.80. The number of halogens is 1. The molecule has 4 nitrogen and oxygen atoms in total. The summed E-state index contributed by atoms with van der Waals surface area (Å²) in [6, 6.07) is 9.30. The van der Waals surface area contributed by atoms with E-state index in [0.717, 1.165) is 5.56 Å². The number of hydrogen-bond donors (Lipinski definition) is 1. The van der Waals surface area contributed by atoms with E-state index in [2.05, 4.69) is 4.98 Å². The zero-order valence-corrected chi connectivity index (χ0v) is 11.0. The van der Waals surface area contributed by atoms with Crippen molar-refractivity contribution < 1.29 is 9.13 Å². The van der Waals surface area contributed by atoms with Gasteiger partial charge in [0.05, 0.1) is 0 Å². The first-order valence-electron chi connectivity index (χ1n) is 6.13. The highest BCUT2D eigenvalue weighted by Crippen LogP contribution is 2.25. The lowest BCUT2D eigenvalue weighted by molar-refractivity contribution is 0.300. The van der Waals surface area contributed by atoms with Crippen molar-refractivity contribution in [3.05, 3.63) is 59.2 Å². The minimum atomic E-state index is -0.347. The van der Waals surface area contributed by atoms with Gasteiger partial charge in [0.1, 0.15) is 29.9 Å². The van der Waals surface area contributed by atoms with E-state index in [4.69, 9.17) is 15.7 Å². The number of ether oxygens (including phenoxy) is 1. The molecule has 0 radical (unpaired) electrons. The van der Waals surface area contributed by atoms with Crippen LogP contribution >= 0.6 is 0 Å². The van der Waals surface area contributed by atoms with Crippen LogP contribution in [0.5, 0.6) is 5.75 Å². The smallest absolute Gasteiger partial charge is 0.140 e. The zero-order valence-electron chi connectivity index (χ0n) is 11.0. The summed E-state index contributed by atoms with van der Waals surface area (Å²) in [6.07, 6.45) is 1.55. The summed E-state index contributed by atoms with van der Waals surface area (Å²) < 4.78 is 18.9. The van der Waals surface area contributed by atoms with Crippen LogP contribution in [0.15, 0.2) is 36.5 Å². The maximum Gasteiger partial charge on any atom is 0.140 e. The standard InChI is InChI=1S/C15H14FN3O/c1-10(18)14-7-12(16)2-3-15(14)20-9-11-4-5-19-13(6-11)8-17/h2-7,10H,9,18H2,1H3. The molecule has 2 N–H and O–H groups in total. The first-order valence-corrected chi connectivity index (χ1v) is 6.13. The number of benzene rings is 1. The second-order valence-electron chi connectivity index (χ2n) is 4.42. The maximum absolute atomic E-state index is 13.2. The average molecular weight is 271 g/mol. The molecule has 5 heteroatoms. The van der Waals surface area contributed by atoms with E-state index in [9.17, 15) is 4.39 Å². The molecule has 0 aliphatic carbocycles. The number of nitrogens with two attached hydrogens (primary N) is 1. The first kappa shape index (κ1) is 14.0. The Balaban J connectivity index is 2.16. The molecule has 102 valence electrons. The summed E-state index contributed by atoms with van der Waals surface area (Å²) in [7, 11) is 0. The van der Waals surface area contributed by atoms with Crippen molar-refractivity contribution >= 4 is 0 Å². The molecule has 1 aromatic heterocycles. The highest BCUT2D eigenvalue weighted by Gasteiger charge is 2.10. The molecule has 0 amide bonds. The van der Waals surface area contributed by atoms with E-state index < -0.39 is 0 Å². The fraction of sp³-hybridized carbons (Fsp3) is 0.200. The minimum absolute atomic E-state index is 0.266. The summed E-state index contributed by atoms with van der Waals surface area (Å²) in [5.74, 6) is 0.192. The minimum Gasteiger partial charge on any atom is -0.489 e. The molecule has 0 fully saturated rings. The van der Waals surface area contributed by atoms with Crippen molar-refractivity contribution in [2.24, 2.45) is 5.73 Å². The van der Waals surface area contributed by atoms with Gasteiger partial charge in [0, 0.05) is 17.8 Å². The maximum atomic E-state index is 13.2. The molecule has 1 unspecified atom stereocenters. The van der Waals surface area contributed by atoms with Crippen LogP contribution in [0.2, 0.25) is 0 Å². The Bertz CT molecular complexity index is 650. The third kappa shape index (κ3) is 3.31. The predicted molar refractivity (Wildman–Crippen MR) is 72.3 cm³/mol. The third-order valence-electron chi connectivity index (χ3n) is 2.80. The molecular weight excluding hydrogens is 257 g/mol. The quantitative estimate of drug-likeness (QED) is 0.928. The number of rotatable bonds is 4. The number of hydrogen-bond acceptors (Lipinski definition) is 4. The Morgan fingerprint density at radius 1 is 1.40 bits per heavy atom. The van der Waals surface area contributed by atoms with E-state index in [1.54, 1.807) is 31.3 Å². The SMILES string of the molecule is CC(N)c1cc(F)ccc1OCc1ccnc(C#N)c1. The Labute approximate surface area is 116 Å². The Kier molecular flexibility index (Phi) is 4.28. The van der Waals surface area contributed by atoms with Crippen LogP contribution < -0.4 is 10.5 Å². The second kappa shape index (κ2) is 6.13. The van der Waals surface area contributed by atoms with E-state index in [0.29, 0.717) is 17.0 Å². The summed E-state index contributed by atoms with van der Waals surface area (Å²) in [5, 5.41) is 8.78. The normalized spacial score (nSPS) is 11.7. The van der Waals surface area contributed by atoms with Gasteiger partial charge in [-0.3, -0.25) is 0 Å². The van der Waals surface area contributed by atoms with Gasteiger partial charge in [-0.2, -0.15) is 5.26 Å². The van der Waals surface area contributed by atoms with Crippen LogP contribution in [0.25, 0.3) is 0 Å². The molecule has 0 aliphatic rings. The number of nitrogens with zero attached hydrogens (tertiary/aromatic N) is 2. The molecule has 2 aromatic rings. The Morgan fingerprint density at radius 2 is 2.20 bits per heavy atom. The number of pyridine rings is 1. The van der Waals surface area contributed by atoms with Crippen molar-refractivity contribution in [1.82, 2.24) is 4.98 Å². The van der Waals surface area contributed by atoms with Gasteiger partial charge < -0.3 is 10.5 Å². The molecule has 20 heavy (non-hydrogen) atoms. The van der Waals surface area contributed by atoms with Gasteiger partial charge in [0.2, 0.25) is 0 Å². The van der Waals surface area contributed by atoms with Gasteiger partial charge in [-0.25, -0.2) is 9.37 Å². The van der Waals surface area contributed by atoms with Crippen LogP contribution in [0, 0.1) is 17.1 Å². The fourth-order valence-corrected chi connectivity index (χ4v) is 1.79. The largest absolute Gasteiger partial charge is 0.489 e. The molecular formula is C15H14FN3O. The van der Waals surface area contributed by atoms with Crippen LogP contribution in [-0.2, 0) is 6.61 Å². The second-order valence-corrected chi connectivity index (χ2v) is 4.42. The molecule has 1 heterocycles. The topological polar surface area (TPSA) is 71.9 Å².